The van der Waals surface area contributed by atoms with Crippen LogP contribution in [0.15, 0.2) is 42.5 Å². The molecule has 1 N–H and O–H groups in total. The fourth-order valence-electron chi connectivity index (χ4n) is 3.58. The van der Waals surface area contributed by atoms with E-state index in [-0.39, 0.29) is 17.7 Å². The number of nitrogens with zero attached hydrogens (tertiary/aromatic N) is 1. The molecule has 0 spiro atoms. The summed E-state index contributed by atoms with van der Waals surface area (Å²) in [7, 11) is 0. The van der Waals surface area contributed by atoms with Crippen molar-refractivity contribution in [2.75, 3.05) is 32.9 Å². The zero-order chi connectivity index (χ0) is 20.2. The van der Waals surface area contributed by atoms with Gasteiger partial charge in [-0.15, -0.1) is 0 Å². The standard InChI is InChI=1S/C22H23ClN2O4/c23-19-5-6-20-17(12-19)11-18(14-29-20)21(26)24-13-15-1-3-16(4-2-15)22(27)25-7-9-28-10-8-25/h1-6,12,18H,7-11,13-14H2,(H,24,26)/t18-/m0/s1. The highest BCUT2D eigenvalue weighted by Gasteiger charge is 2.26. The lowest BCUT2D eigenvalue weighted by atomic mass is 9.96. The van der Waals surface area contributed by atoms with Crippen LogP contribution in [0.1, 0.15) is 21.5 Å². The van der Waals surface area contributed by atoms with Gasteiger partial charge in [0.05, 0.1) is 19.1 Å². The van der Waals surface area contributed by atoms with Gasteiger partial charge in [0.25, 0.3) is 5.91 Å². The van der Waals surface area contributed by atoms with Gasteiger partial charge in [-0.1, -0.05) is 23.7 Å². The van der Waals surface area contributed by atoms with Crippen molar-refractivity contribution >= 4 is 23.4 Å². The number of hydrogen-bond acceptors (Lipinski definition) is 4. The SMILES string of the molecule is O=C(NCc1ccc(C(=O)N2CCOCC2)cc1)[C@@H]1COc2ccc(Cl)cc2C1. The second-order valence-corrected chi connectivity index (χ2v) is 7.72. The normalized spacial score (nSPS) is 18.5. The number of ether oxygens (including phenoxy) is 2. The maximum atomic E-state index is 12.6. The van der Waals surface area contributed by atoms with E-state index in [0.717, 1.165) is 16.9 Å². The largest absolute Gasteiger partial charge is 0.492 e. The zero-order valence-electron chi connectivity index (χ0n) is 16.0. The number of benzene rings is 2. The summed E-state index contributed by atoms with van der Waals surface area (Å²) in [5.74, 6) is 0.506. The number of hydrogen-bond donors (Lipinski definition) is 1. The summed E-state index contributed by atoms with van der Waals surface area (Å²) in [6.07, 6.45) is 0.606. The lowest BCUT2D eigenvalue weighted by Gasteiger charge is -2.27. The van der Waals surface area contributed by atoms with Gasteiger partial charge in [-0.05, 0) is 47.9 Å². The maximum Gasteiger partial charge on any atom is 0.254 e. The molecule has 1 atom stereocenters. The van der Waals surface area contributed by atoms with E-state index < -0.39 is 0 Å². The van der Waals surface area contributed by atoms with Crippen LogP contribution in [-0.2, 0) is 22.5 Å². The first-order chi connectivity index (χ1) is 14.1. The highest BCUT2D eigenvalue weighted by molar-refractivity contribution is 6.30. The van der Waals surface area contributed by atoms with E-state index >= 15 is 0 Å². The number of nitrogens with one attached hydrogen (secondary N) is 1. The van der Waals surface area contributed by atoms with Gasteiger partial charge in [0.1, 0.15) is 12.4 Å². The number of amides is 2. The molecule has 0 radical (unpaired) electrons. The first-order valence-corrected chi connectivity index (χ1v) is 10.1. The number of morpholine rings is 1. The van der Waals surface area contributed by atoms with Crippen LogP contribution in [0.25, 0.3) is 0 Å². The van der Waals surface area contributed by atoms with E-state index in [1.165, 1.54) is 0 Å². The predicted octanol–water partition coefficient (Wildman–Crippen LogP) is 2.68. The highest BCUT2D eigenvalue weighted by Crippen LogP contribution is 2.29. The zero-order valence-corrected chi connectivity index (χ0v) is 16.8. The van der Waals surface area contributed by atoms with Crippen LogP contribution in [-0.4, -0.2) is 49.6 Å². The van der Waals surface area contributed by atoms with Gasteiger partial charge in [-0.25, -0.2) is 0 Å². The molecule has 2 heterocycles. The molecule has 152 valence electrons. The molecule has 2 aromatic carbocycles. The van der Waals surface area contributed by atoms with E-state index in [0.29, 0.717) is 56.5 Å². The second-order valence-electron chi connectivity index (χ2n) is 7.28. The molecule has 0 saturated carbocycles. The van der Waals surface area contributed by atoms with Gasteiger partial charge in [-0.3, -0.25) is 9.59 Å². The summed E-state index contributed by atoms with van der Waals surface area (Å²) in [4.78, 5) is 26.8. The van der Waals surface area contributed by atoms with Crippen molar-refractivity contribution < 1.29 is 19.1 Å². The van der Waals surface area contributed by atoms with Crippen molar-refractivity contribution in [1.29, 1.82) is 0 Å². The van der Waals surface area contributed by atoms with Gasteiger partial charge < -0.3 is 19.7 Å². The molecular weight excluding hydrogens is 392 g/mol. The molecule has 1 fully saturated rings. The molecule has 0 unspecified atom stereocenters. The topological polar surface area (TPSA) is 67.9 Å². The second kappa shape index (κ2) is 8.84. The molecule has 0 aliphatic carbocycles. The van der Waals surface area contributed by atoms with Crippen molar-refractivity contribution in [3.63, 3.8) is 0 Å². The lowest BCUT2D eigenvalue weighted by molar-refractivity contribution is -0.126. The van der Waals surface area contributed by atoms with Gasteiger partial charge >= 0.3 is 0 Å². The van der Waals surface area contributed by atoms with Crippen LogP contribution in [0.3, 0.4) is 0 Å². The molecule has 2 aliphatic rings. The van der Waals surface area contributed by atoms with E-state index in [9.17, 15) is 9.59 Å². The fourth-order valence-corrected chi connectivity index (χ4v) is 3.77. The van der Waals surface area contributed by atoms with E-state index in [2.05, 4.69) is 5.32 Å². The quantitative estimate of drug-likeness (QED) is 0.835. The third-order valence-corrected chi connectivity index (χ3v) is 5.50. The van der Waals surface area contributed by atoms with E-state index in [1.807, 2.05) is 24.3 Å². The average molecular weight is 415 g/mol. The molecule has 7 heteroatoms. The van der Waals surface area contributed by atoms with Crippen molar-refractivity contribution in [2.45, 2.75) is 13.0 Å². The molecular formula is C22H23ClN2O4. The van der Waals surface area contributed by atoms with Crippen LogP contribution in [0, 0.1) is 5.92 Å². The van der Waals surface area contributed by atoms with Gasteiger partial charge in [-0.2, -0.15) is 0 Å². The van der Waals surface area contributed by atoms with Gasteiger partial charge in [0, 0.05) is 30.2 Å². The van der Waals surface area contributed by atoms with Gasteiger partial charge in [0.15, 0.2) is 0 Å². The summed E-state index contributed by atoms with van der Waals surface area (Å²) in [5, 5.41) is 3.60. The van der Waals surface area contributed by atoms with E-state index in [4.69, 9.17) is 21.1 Å². The molecule has 29 heavy (non-hydrogen) atoms. The lowest BCUT2D eigenvalue weighted by Crippen LogP contribution is -2.40. The van der Waals surface area contributed by atoms with E-state index in [1.54, 1.807) is 23.1 Å². The van der Waals surface area contributed by atoms with Crippen molar-refractivity contribution in [3.8, 4) is 5.75 Å². The summed E-state index contributed by atoms with van der Waals surface area (Å²) < 4.78 is 11.0. The fraction of sp³-hybridized carbons (Fsp3) is 0.364. The summed E-state index contributed by atoms with van der Waals surface area (Å²) in [6.45, 7) is 3.16. The van der Waals surface area contributed by atoms with Crippen molar-refractivity contribution in [1.82, 2.24) is 10.2 Å². The molecule has 6 nitrogen and oxygen atoms in total. The number of fused-ring (bicyclic) bond motifs is 1. The first kappa shape index (κ1) is 19.7. The first-order valence-electron chi connectivity index (χ1n) is 9.75. The smallest absolute Gasteiger partial charge is 0.254 e. The van der Waals surface area contributed by atoms with Crippen LogP contribution in [0.5, 0.6) is 5.75 Å². The summed E-state index contributed by atoms with van der Waals surface area (Å²) in [6, 6.07) is 12.8. The maximum absolute atomic E-state index is 12.6. The van der Waals surface area contributed by atoms with Crippen molar-refractivity contribution in [2.24, 2.45) is 5.92 Å². The van der Waals surface area contributed by atoms with Crippen molar-refractivity contribution in [3.05, 3.63) is 64.2 Å². The third-order valence-electron chi connectivity index (χ3n) is 5.27. The number of carbonyl (C=O) groups excluding carboxylic acids is 2. The Bertz CT molecular complexity index is 894. The summed E-state index contributed by atoms with van der Waals surface area (Å²) >= 11 is 6.04. The van der Waals surface area contributed by atoms with Crippen LogP contribution in [0.4, 0.5) is 0 Å². The Hall–Kier alpha value is -2.57. The van der Waals surface area contributed by atoms with Crippen LogP contribution in [0.2, 0.25) is 5.02 Å². The van der Waals surface area contributed by atoms with Gasteiger partial charge in [0.2, 0.25) is 5.91 Å². The van der Waals surface area contributed by atoms with Crippen LogP contribution < -0.4 is 10.1 Å². The molecule has 0 aromatic heterocycles. The molecule has 0 bridgehead atoms. The number of halogens is 1. The molecule has 2 aliphatic heterocycles. The molecule has 1 saturated heterocycles. The molecule has 2 amide bonds. The Balaban J connectivity index is 1.31. The number of rotatable bonds is 4. The Morgan fingerprint density at radius 1 is 1.10 bits per heavy atom. The predicted molar refractivity (Wildman–Crippen MR) is 109 cm³/mol. The molecule has 2 aromatic rings. The average Bonchev–Trinajstić information content (AvgIpc) is 2.77. The third kappa shape index (κ3) is 4.71. The highest BCUT2D eigenvalue weighted by atomic mass is 35.5. The Labute approximate surface area is 174 Å². The van der Waals surface area contributed by atoms with Crippen LogP contribution >= 0.6 is 11.6 Å². The minimum atomic E-state index is -0.247. The molecule has 4 rings (SSSR count). The number of carbonyl (C=O) groups is 2. The minimum Gasteiger partial charge on any atom is -0.492 e. The monoisotopic (exact) mass is 414 g/mol. The minimum absolute atomic E-state index is 0.0144. The summed E-state index contributed by atoms with van der Waals surface area (Å²) in [5.41, 5.74) is 2.54. The Kier molecular flexibility index (Phi) is 6.02. The Morgan fingerprint density at radius 3 is 2.62 bits per heavy atom. The Morgan fingerprint density at radius 2 is 1.86 bits per heavy atom.